The van der Waals surface area contributed by atoms with Crippen LogP contribution in [0.1, 0.15) is 121 Å². The second-order valence-corrected chi connectivity index (χ2v) is 26.3. The number of amides is 3. The maximum Gasteiger partial charge on any atom is 0.326 e. The number of benzene rings is 1. The summed E-state index contributed by atoms with van der Waals surface area (Å²) in [6.45, 7) is 25.5. The molecule has 67 heavy (non-hydrogen) atoms. The fourth-order valence-corrected chi connectivity index (χ4v) is 13.0. The number of carboxylic acid groups (broad SMARTS) is 1. The summed E-state index contributed by atoms with van der Waals surface area (Å²) in [4.78, 5) is 74.9. The van der Waals surface area contributed by atoms with E-state index in [1.54, 1.807) is 44.9 Å². The molecule has 2 heterocycles. The Morgan fingerprint density at radius 3 is 2.10 bits per heavy atom. The Labute approximate surface area is 407 Å². The molecule has 2 aliphatic rings. The number of carbonyl (C=O) groups excluding carboxylic acids is 4. The van der Waals surface area contributed by atoms with Gasteiger partial charge in [0.2, 0.25) is 17.7 Å². The minimum absolute atomic E-state index is 0.00300. The molecule has 0 aliphatic carbocycles. The van der Waals surface area contributed by atoms with E-state index in [0.717, 1.165) is 61.0 Å². The topological polar surface area (TPSA) is 176 Å². The molecule has 14 nitrogen and oxygen atoms in total. The number of carboxylic acids is 1. The molecule has 0 saturated carbocycles. The van der Waals surface area contributed by atoms with Gasteiger partial charge in [0.15, 0.2) is 8.32 Å². The SMILES string of the molecule is CC[Si](CC)(CC)O[C@@H](C[C@H](C)C[C@H](OC(=O)[C@@H]1CCCN1)C(C)(C)C)[C@H](C)C1=N[C@@H](/C=C(\C)C(=O)N[C@@H](Cc2ccc(OC)cc2)C(=O)N(C)[C@@H](C)C(=O)N(C)[C@@H](CC(C)C)C(=O)O)CS1. The molecule has 1 fully saturated rings. The van der Waals surface area contributed by atoms with E-state index in [1.807, 2.05) is 32.1 Å². The predicted molar refractivity (Wildman–Crippen MR) is 272 cm³/mol. The van der Waals surface area contributed by atoms with E-state index >= 15 is 0 Å². The number of thioether (sulfide) groups is 1. The first-order valence-corrected chi connectivity index (χ1v) is 28.1. The van der Waals surface area contributed by atoms with Gasteiger partial charge in [-0.05, 0) is 106 Å². The van der Waals surface area contributed by atoms with Crippen LogP contribution in [0.15, 0.2) is 40.9 Å². The van der Waals surface area contributed by atoms with Crippen LogP contribution >= 0.6 is 11.8 Å². The lowest BCUT2D eigenvalue weighted by Gasteiger charge is -2.38. The van der Waals surface area contributed by atoms with Gasteiger partial charge >= 0.3 is 11.9 Å². The van der Waals surface area contributed by atoms with Crippen LogP contribution in [0.5, 0.6) is 5.75 Å². The first kappa shape index (κ1) is 57.6. The summed E-state index contributed by atoms with van der Waals surface area (Å²) in [6.07, 6.45) is 5.21. The highest BCUT2D eigenvalue weighted by Crippen LogP contribution is 2.36. The number of rotatable bonds is 26. The maximum absolute atomic E-state index is 14.3. The van der Waals surface area contributed by atoms with E-state index in [4.69, 9.17) is 18.9 Å². The largest absolute Gasteiger partial charge is 0.497 e. The summed E-state index contributed by atoms with van der Waals surface area (Å²) >= 11 is 1.69. The number of aliphatic imine (C=N–C) groups is 1. The summed E-state index contributed by atoms with van der Waals surface area (Å²) < 4.78 is 18.9. The number of esters is 1. The van der Waals surface area contributed by atoms with Crippen LogP contribution in [0.3, 0.4) is 0 Å². The Bertz CT molecular complexity index is 1850. The highest BCUT2D eigenvalue weighted by atomic mass is 32.2. The highest BCUT2D eigenvalue weighted by molar-refractivity contribution is 8.14. The normalized spacial score (nSPS) is 19.9. The average molecular weight is 972 g/mol. The van der Waals surface area contributed by atoms with E-state index < -0.39 is 50.1 Å². The van der Waals surface area contributed by atoms with Crippen molar-refractivity contribution in [3.05, 3.63) is 41.5 Å². The second kappa shape index (κ2) is 26.3. The number of carbonyl (C=O) groups is 5. The molecule has 3 N–H and O–H groups in total. The Kier molecular flexibility index (Phi) is 22.6. The Balaban J connectivity index is 1.86. The van der Waals surface area contributed by atoms with Crippen LogP contribution in [0.25, 0.3) is 0 Å². The predicted octanol–water partition coefficient (Wildman–Crippen LogP) is 8.14. The van der Waals surface area contributed by atoms with E-state index in [9.17, 15) is 29.1 Å². The molecule has 0 aromatic heterocycles. The van der Waals surface area contributed by atoms with Gasteiger partial charge in [-0.25, -0.2) is 4.79 Å². The van der Waals surface area contributed by atoms with Crippen LogP contribution < -0.4 is 15.4 Å². The number of ether oxygens (including phenoxy) is 2. The Morgan fingerprint density at radius 2 is 1.58 bits per heavy atom. The van der Waals surface area contributed by atoms with Crippen LogP contribution in [-0.4, -0.2) is 134 Å². The zero-order valence-corrected chi connectivity index (χ0v) is 45.2. The summed E-state index contributed by atoms with van der Waals surface area (Å²) in [5, 5.41) is 17.1. The van der Waals surface area contributed by atoms with Gasteiger partial charge in [-0.3, -0.25) is 24.2 Å². The Morgan fingerprint density at radius 1 is 0.955 bits per heavy atom. The second-order valence-electron chi connectivity index (χ2n) is 20.5. The molecule has 1 aromatic rings. The third-order valence-corrected chi connectivity index (χ3v) is 19.8. The number of methoxy groups -OCH3 is 1. The third kappa shape index (κ3) is 16.7. The molecular formula is C51H85N5O9SSi. The highest BCUT2D eigenvalue weighted by Gasteiger charge is 2.40. The number of likely N-dealkylation sites (N-methyl/N-ethyl adjacent to an activating group) is 2. The molecular weight excluding hydrogens is 887 g/mol. The zero-order valence-electron chi connectivity index (χ0n) is 43.4. The van der Waals surface area contributed by atoms with Crippen molar-refractivity contribution in [3.8, 4) is 5.75 Å². The van der Waals surface area contributed by atoms with Crippen molar-refractivity contribution < 1.29 is 43.0 Å². The molecule has 1 saturated heterocycles. The minimum atomic E-state index is -2.05. The third-order valence-electron chi connectivity index (χ3n) is 13.9. The van der Waals surface area contributed by atoms with Gasteiger partial charge in [0.1, 0.15) is 36.0 Å². The van der Waals surface area contributed by atoms with Crippen LogP contribution in [0.2, 0.25) is 18.1 Å². The molecule has 0 bridgehead atoms. The van der Waals surface area contributed by atoms with Crippen molar-refractivity contribution in [1.82, 2.24) is 20.4 Å². The molecule has 0 unspecified atom stereocenters. The van der Waals surface area contributed by atoms with Gasteiger partial charge < -0.3 is 39.4 Å². The molecule has 16 heteroatoms. The molecule has 3 rings (SSSR count). The van der Waals surface area contributed by atoms with Gasteiger partial charge in [-0.1, -0.05) is 87.4 Å². The van der Waals surface area contributed by atoms with Crippen molar-refractivity contribution in [2.24, 2.45) is 28.2 Å². The minimum Gasteiger partial charge on any atom is -0.497 e. The fraction of sp³-hybridized carbons (Fsp3) is 0.725. The van der Waals surface area contributed by atoms with Gasteiger partial charge in [-0.15, -0.1) is 11.8 Å². The number of nitrogens with zero attached hydrogens (tertiary/aromatic N) is 3. The molecule has 2 aliphatic heterocycles. The molecule has 378 valence electrons. The van der Waals surface area contributed by atoms with Crippen LogP contribution in [0, 0.1) is 23.2 Å². The summed E-state index contributed by atoms with van der Waals surface area (Å²) in [5.41, 5.74) is 0.946. The van der Waals surface area contributed by atoms with Crippen molar-refractivity contribution in [3.63, 3.8) is 0 Å². The lowest BCUT2D eigenvalue weighted by Crippen LogP contribution is -2.56. The fourth-order valence-electron chi connectivity index (χ4n) is 8.88. The standard InChI is InChI=1S/C51H85N5O9SSi/c1-16-67(17-2,18-3)65-43(27-33(6)28-44(51(10,11)12)64-50(62)40-20-19-25-52-40)35(8)46-53-38(31-66-46)29-34(7)45(57)54-41(30-37-21-23-39(63-15)24-22-37)48(59)55(13)36(9)47(58)56(14)42(49(60)61)26-32(4)5/h21-24,29,32-33,35-36,38,40-44,52H,16-20,25-28,30-31H2,1-15H3,(H,54,57)(H,60,61)/b34-29+/t33-,35-,36-,38-,40-,41-,42-,43-,44-/m0/s1. The molecule has 3 amide bonds. The molecule has 9 atom stereocenters. The molecule has 0 radical (unpaired) electrons. The lowest BCUT2D eigenvalue weighted by atomic mass is 9.81. The smallest absolute Gasteiger partial charge is 0.326 e. The lowest BCUT2D eigenvalue weighted by molar-refractivity contribution is -0.158. The van der Waals surface area contributed by atoms with E-state index in [1.165, 1.54) is 23.9 Å². The summed E-state index contributed by atoms with van der Waals surface area (Å²) in [6, 6.07) is 6.65. The number of hydrogen-bond acceptors (Lipinski definition) is 11. The van der Waals surface area contributed by atoms with Crippen LogP contribution in [0.4, 0.5) is 0 Å². The quantitative estimate of drug-likeness (QED) is 0.0464. The van der Waals surface area contributed by atoms with Gasteiger partial charge in [0.05, 0.1) is 24.3 Å². The van der Waals surface area contributed by atoms with Crippen molar-refractivity contribution in [1.29, 1.82) is 0 Å². The number of hydrogen-bond donors (Lipinski definition) is 3. The average Bonchev–Trinajstić information content (AvgIpc) is 4.01. The maximum atomic E-state index is 14.3. The number of aliphatic carboxylic acids is 1. The first-order valence-electron chi connectivity index (χ1n) is 24.6. The molecule has 1 aromatic carbocycles. The van der Waals surface area contributed by atoms with Crippen molar-refractivity contribution in [2.75, 3.05) is 33.5 Å². The summed E-state index contributed by atoms with van der Waals surface area (Å²) in [5.74, 6) is -1.19. The first-order chi connectivity index (χ1) is 31.4. The molecule has 0 spiro atoms. The van der Waals surface area contributed by atoms with Crippen molar-refractivity contribution >= 4 is 54.8 Å². The van der Waals surface area contributed by atoms with Gasteiger partial charge in [-0.2, -0.15) is 0 Å². The zero-order chi connectivity index (χ0) is 50.4. The van der Waals surface area contributed by atoms with Crippen molar-refractivity contribution in [2.45, 2.75) is 182 Å². The summed E-state index contributed by atoms with van der Waals surface area (Å²) in [7, 11) is 2.47. The van der Waals surface area contributed by atoms with E-state index in [2.05, 4.69) is 66.0 Å². The monoisotopic (exact) mass is 972 g/mol. The number of nitrogens with one attached hydrogen (secondary N) is 2. The van der Waals surface area contributed by atoms with Gasteiger partial charge in [0, 0.05) is 37.8 Å². The van der Waals surface area contributed by atoms with Crippen LogP contribution in [-0.2, 0) is 39.6 Å². The van der Waals surface area contributed by atoms with E-state index in [-0.39, 0.29) is 66.3 Å². The van der Waals surface area contributed by atoms with Gasteiger partial charge in [0.25, 0.3) is 0 Å². The Hall–Kier alpha value is -3.73. The van der Waals surface area contributed by atoms with E-state index in [0.29, 0.717) is 17.1 Å².